The highest BCUT2D eigenvalue weighted by atomic mass is 35.5. The van der Waals surface area contributed by atoms with E-state index in [1.54, 1.807) is 0 Å². The molecule has 132 valence electrons. The van der Waals surface area contributed by atoms with E-state index in [0.29, 0.717) is 6.54 Å². The topological polar surface area (TPSA) is 116 Å². The highest BCUT2D eigenvalue weighted by molar-refractivity contribution is 7.89. The molecule has 1 aromatic rings. The average molecular weight is 368 g/mol. The lowest BCUT2D eigenvalue weighted by Crippen LogP contribution is -2.39. The number of nitro benzene ring substituents is 1. The second kappa shape index (κ2) is 7.91. The Morgan fingerprint density at radius 2 is 1.96 bits per heavy atom. The number of nitrogens with zero attached hydrogens (tertiary/aromatic N) is 2. The van der Waals surface area contributed by atoms with Gasteiger partial charge in [-0.15, -0.1) is 12.4 Å². The Balaban J connectivity index is 0.00000484. The number of sulfonamides is 1. The van der Waals surface area contributed by atoms with Gasteiger partial charge in [-0.3, -0.25) is 10.1 Å². The summed E-state index contributed by atoms with van der Waals surface area (Å²) in [4.78, 5) is 10.0. The number of benzene rings is 1. The molecule has 0 amide bonds. The second-order valence-electron chi connectivity index (χ2n) is 5.72. The number of nitrogens with two attached hydrogens (primary N) is 1. The van der Waals surface area contributed by atoms with E-state index >= 15 is 0 Å². The van der Waals surface area contributed by atoms with Crippen molar-refractivity contribution in [2.24, 2.45) is 11.1 Å². The molecule has 0 aliphatic rings. The van der Waals surface area contributed by atoms with Gasteiger partial charge in [0.2, 0.25) is 10.0 Å². The highest BCUT2D eigenvalue weighted by Gasteiger charge is 2.30. The van der Waals surface area contributed by atoms with Crippen molar-refractivity contribution in [1.82, 2.24) is 4.31 Å². The van der Waals surface area contributed by atoms with Crippen LogP contribution in [0.2, 0.25) is 0 Å². The van der Waals surface area contributed by atoms with Crippen LogP contribution >= 0.6 is 12.4 Å². The molecule has 2 N–H and O–H groups in total. The standard InChI is InChI=1S/C13H21N3O5S.ClH/c1-13(2,8-14)9-15(3)22(19,20)12-6-5-10(16(17)18)7-11(12)21-4;/h5-7H,8-9,14H2,1-4H3;1H. The number of methoxy groups -OCH3 is 1. The maximum absolute atomic E-state index is 12.6. The van der Waals surface area contributed by atoms with Crippen molar-refractivity contribution in [3.8, 4) is 5.75 Å². The Morgan fingerprint density at radius 3 is 2.39 bits per heavy atom. The van der Waals surface area contributed by atoms with Gasteiger partial charge in [0.05, 0.1) is 18.1 Å². The molecule has 0 radical (unpaired) electrons. The third-order valence-corrected chi connectivity index (χ3v) is 5.09. The normalized spacial score (nSPS) is 11.9. The lowest BCUT2D eigenvalue weighted by Gasteiger charge is -2.28. The summed E-state index contributed by atoms with van der Waals surface area (Å²) in [6.07, 6.45) is 0. The second-order valence-corrected chi connectivity index (χ2v) is 7.73. The molecule has 0 unspecified atom stereocenters. The van der Waals surface area contributed by atoms with Crippen molar-refractivity contribution in [2.45, 2.75) is 18.7 Å². The predicted octanol–water partition coefficient (Wildman–Crippen LogP) is 1.63. The van der Waals surface area contributed by atoms with Gasteiger partial charge in [-0.1, -0.05) is 13.8 Å². The number of nitro groups is 1. The fraction of sp³-hybridized carbons (Fsp3) is 0.538. The Morgan fingerprint density at radius 1 is 1.39 bits per heavy atom. The van der Waals surface area contributed by atoms with Gasteiger partial charge in [-0.2, -0.15) is 0 Å². The average Bonchev–Trinajstić information content (AvgIpc) is 2.45. The number of halogens is 1. The molecule has 0 spiro atoms. The molecule has 0 fully saturated rings. The third-order valence-electron chi connectivity index (χ3n) is 3.25. The van der Waals surface area contributed by atoms with Crippen LogP contribution in [0.15, 0.2) is 23.1 Å². The highest BCUT2D eigenvalue weighted by Crippen LogP contribution is 2.31. The maximum Gasteiger partial charge on any atom is 0.273 e. The monoisotopic (exact) mass is 367 g/mol. The predicted molar refractivity (Wildman–Crippen MR) is 89.5 cm³/mol. The Labute approximate surface area is 142 Å². The molecule has 0 saturated heterocycles. The number of hydrogen-bond acceptors (Lipinski definition) is 6. The van der Waals surface area contributed by atoms with Gasteiger partial charge in [-0.25, -0.2) is 12.7 Å². The molecule has 0 aromatic heterocycles. The zero-order chi connectivity index (χ0) is 17.1. The van der Waals surface area contributed by atoms with Crippen LogP contribution in [0.1, 0.15) is 13.8 Å². The molecule has 0 atom stereocenters. The summed E-state index contributed by atoms with van der Waals surface area (Å²) in [7, 11) is -1.13. The van der Waals surface area contributed by atoms with Gasteiger partial charge >= 0.3 is 0 Å². The molecule has 0 saturated carbocycles. The number of ether oxygens (including phenoxy) is 1. The summed E-state index contributed by atoms with van der Waals surface area (Å²) in [6, 6.07) is 3.41. The molecule has 1 rings (SSSR count). The van der Waals surface area contributed by atoms with Gasteiger partial charge in [0, 0.05) is 19.7 Å². The molecule has 1 aromatic carbocycles. The fourth-order valence-corrected chi connectivity index (χ4v) is 3.39. The van der Waals surface area contributed by atoms with Crippen LogP contribution in [0, 0.1) is 15.5 Å². The van der Waals surface area contributed by atoms with Crippen LogP contribution in [0.3, 0.4) is 0 Å². The number of rotatable bonds is 7. The van der Waals surface area contributed by atoms with Crippen LogP contribution in [0.5, 0.6) is 5.75 Å². The summed E-state index contributed by atoms with van der Waals surface area (Å²) in [5.74, 6) is -0.0633. The van der Waals surface area contributed by atoms with Gasteiger partial charge in [-0.05, 0) is 18.0 Å². The maximum atomic E-state index is 12.6. The van der Waals surface area contributed by atoms with Crippen LogP contribution < -0.4 is 10.5 Å². The van der Waals surface area contributed by atoms with E-state index in [9.17, 15) is 18.5 Å². The summed E-state index contributed by atoms with van der Waals surface area (Å²) in [5.41, 5.74) is 5.00. The Bertz CT molecular complexity index is 664. The van der Waals surface area contributed by atoms with Crippen LogP contribution in [0.4, 0.5) is 5.69 Å². The largest absolute Gasteiger partial charge is 0.495 e. The smallest absolute Gasteiger partial charge is 0.273 e. The van der Waals surface area contributed by atoms with E-state index in [1.807, 2.05) is 13.8 Å². The first-order chi connectivity index (χ1) is 10.0. The summed E-state index contributed by atoms with van der Waals surface area (Å²) < 4.78 is 31.4. The first-order valence-corrected chi connectivity index (χ1v) is 7.98. The molecule has 0 bridgehead atoms. The minimum Gasteiger partial charge on any atom is -0.495 e. The molecule has 0 heterocycles. The Hall–Kier alpha value is -1.42. The SMILES string of the molecule is COc1cc([N+](=O)[O-])ccc1S(=O)(=O)N(C)CC(C)(C)CN.Cl. The minimum absolute atomic E-state index is 0. The third kappa shape index (κ3) is 5.03. The van der Waals surface area contributed by atoms with Crippen molar-refractivity contribution < 1.29 is 18.1 Å². The van der Waals surface area contributed by atoms with Crippen molar-refractivity contribution in [3.05, 3.63) is 28.3 Å². The van der Waals surface area contributed by atoms with Gasteiger partial charge < -0.3 is 10.5 Å². The molecule has 23 heavy (non-hydrogen) atoms. The summed E-state index contributed by atoms with van der Waals surface area (Å²) in [6.45, 7) is 4.24. The van der Waals surface area contributed by atoms with E-state index in [4.69, 9.17) is 10.5 Å². The Kier molecular flexibility index (Phi) is 7.42. The van der Waals surface area contributed by atoms with E-state index < -0.39 is 20.4 Å². The molecule has 10 heteroatoms. The van der Waals surface area contributed by atoms with Crippen LogP contribution in [0.25, 0.3) is 0 Å². The van der Waals surface area contributed by atoms with Crippen LogP contribution in [-0.4, -0.2) is 44.9 Å². The van der Waals surface area contributed by atoms with Gasteiger partial charge in [0.15, 0.2) is 0 Å². The molecule has 0 aliphatic heterocycles. The zero-order valence-corrected chi connectivity index (χ0v) is 15.1. The lowest BCUT2D eigenvalue weighted by atomic mass is 9.94. The summed E-state index contributed by atoms with van der Waals surface area (Å²) >= 11 is 0. The van der Waals surface area contributed by atoms with Crippen molar-refractivity contribution in [2.75, 3.05) is 27.2 Å². The van der Waals surface area contributed by atoms with E-state index in [2.05, 4.69) is 0 Å². The molecular formula is C13H22ClN3O5S. The van der Waals surface area contributed by atoms with Crippen molar-refractivity contribution in [1.29, 1.82) is 0 Å². The number of non-ortho nitro benzene ring substituents is 1. The minimum atomic E-state index is -3.84. The van der Waals surface area contributed by atoms with Gasteiger partial charge in [0.1, 0.15) is 10.6 Å². The van der Waals surface area contributed by atoms with E-state index in [0.717, 1.165) is 12.1 Å². The molecule has 0 aliphatic carbocycles. The first kappa shape index (κ1) is 21.6. The number of hydrogen-bond donors (Lipinski definition) is 1. The van der Waals surface area contributed by atoms with Gasteiger partial charge in [0.25, 0.3) is 5.69 Å². The lowest BCUT2D eigenvalue weighted by molar-refractivity contribution is -0.385. The molecular weight excluding hydrogens is 346 g/mol. The van der Waals surface area contributed by atoms with E-state index in [-0.39, 0.29) is 35.3 Å². The fourth-order valence-electron chi connectivity index (χ4n) is 1.90. The van der Waals surface area contributed by atoms with Crippen molar-refractivity contribution >= 4 is 28.1 Å². The summed E-state index contributed by atoms with van der Waals surface area (Å²) in [5, 5.41) is 10.8. The van der Waals surface area contributed by atoms with Crippen molar-refractivity contribution in [3.63, 3.8) is 0 Å². The zero-order valence-electron chi connectivity index (χ0n) is 13.5. The van der Waals surface area contributed by atoms with E-state index in [1.165, 1.54) is 24.5 Å². The molecule has 8 nitrogen and oxygen atoms in total. The van der Waals surface area contributed by atoms with Crippen LogP contribution in [-0.2, 0) is 10.0 Å². The first-order valence-electron chi connectivity index (χ1n) is 6.54. The quantitative estimate of drug-likeness (QED) is 0.578.